The first-order chi connectivity index (χ1) is 8.88. The maximum Gasteiger partial charge on any atom is 0.214 e. The molecule has 3 rings (SSSR count). The van der Waals surface area contributed by atoms with Crippen LogP contribution in [-0.4, -0.2) is 32.6 Å². The lowest BCUT2D eigenvalue weighted by atomic mass is 10.1. The van der Waals surface area contributed by atoms with Crippen molar-refractivity contribution < 1.29 is 4.74 Å². The van der Waals surface area contributed by atoms with E-state index in [4.69, 9.17) is 4.74 Å². The van der Waals surface area contributed by atoms with E-state index in [1.807, 2.05) is 37.3 Å². The van der Waals surface area contributed by atoms with Gasteiger partial charge >= 0.3 is 0 Å². The topological polar surface area (TPSA) is 52.3 Å². The molecule has 2 aromatic rings. The Morgan fingerprint density at radius 1 is 1.33 bits per heavy atom. The zero-order valence-corrected chi connectivity index (χ0v) is 10.7. The summed E-state index contributed by atoms with van der Waals surface area (Å²) in [5.41, 5.74) is 1.83. The molecule has 6 heteroatoms. The van der Waals surface area contributed by atoms with Crippen molar-refractivity contribution in [2.45, 2.75) is 17.5 Å². The molecule has 18 heavy (non-hydrogen) atoms. The predicted octanol–water partition coefficient (Wildman–Crippen LogP) is 2.00. The predicted molar refractivity (Wildman–Crippen MR) is 69.7 cm³/mol. The van der Waals surface area contributed by atoms with Crippen LogP contribution < -0.4 is 0 Å². The van der Waals surface area contributed by atoms with Gasteiger partial charge in [-0.3, -0.25) is 0 Å². The van der Waals surface area contributed by atoms with Crippen molar-refractivity contribution in [1.82, 2.24) is 14.9 Å². The van der Waals surface area contributed by atoms with E-state index in [9.17, 15) is 0 Å². The van der Waals surface area contributed by atoms with Crippen LogP contribution in [0.15, 0.2) is 46.9 Å². The van der Waals surface area contributed by atoms with Crippen molar-refractivity contribution in [3.63, 3.8) is 0 Å². The number of thioether (sulfide) groups is 1. The molecular weight excluding hydrogens is 248 g/mol. The third-order valence-corrected chi connectivity index (χ3v) is 3.59. The third-order valence-electron chi connectivity index (χ3n) is 2.54. The first-order valence-corrected chi connectivity index (χ1v) is 6.59. The lowest BCUT2D eigenvalue weighted by Crippen LogP contribution is -2.26. The summed E-state index contributed by atoms with van der Waals surface area (Å²) in [6.45, 7) is 2.61. The summed E-state index contributed by atoms with van der Waals surface area (Å²) < 4.78 is 7.41. The highest BCUT2D eigenvalue weighted by Crippen LogP contribution is 2.29. The molecule has 0 fully saturated rings. The monoisotopic (exact) mass is 260 g/mol. The average molecular weight is 260 g/mol. The molecule has 0 N–H and O–H groups in total. The Labute approximate surface area is 109 Å². The second-order valence-corrected chi connectivity index (χ2v) is 4.74. The minimum Gasteiger partial charge on any atom is -0.361 e. The minimum atomic E-state index is -0.130. The highest BCUT2D eigenvalue weighted by atomic mass is 32.2. The molecular formula is C12H12N4OS. The second-order valence-electron chi connectivity index (χ2n) is 3.71. The van der Waals surface area contributed by atoms with Crippen LogP contribution in [0.4, 0.5) is 0 Å². The van der Waals surface area contributed by atoms with Gasteiger partial charge in [0.1, 0.15) is 12.0 Å². The third kappa shape index (κ3) is 2.04. The molecule has 0 aliphatic carbocycles. The first kappa shape index (κ1) is 11.4. The number of hydrogen-bond acceptors (Lipinski definition) is 5. The molecule has 1 aliphatic heterocycles. The second kappa shape index (κ2) is 4.91. The fourth-order valence-corrected chi connectivity index (χ4v) is 2.73. The average Bonchev–Trinajstić information content (AvgIpc) is 2.86. The summed E-state index contributed by atoms with van der Waals surface area (Å²) in [5.74, 6) is 0. The van der Waals surface area contributed by atoms with Crippen LogP contribution in [-0.2, 0) is 4.74 Å². The van der Waals surface area contributed by atoms with Gasteiger partial charge in [0.2, 0.25) is 5.16 Å². The Morgan fingerprint density at radius 2 is 2.17 bits per heavy atom. The summed E-state index contributed by atoms with van der Waals surface area (Å²) in [6, 6.07) is 10.0. The normalized spacial score (nSPS) is 18.3. The van der Waals surface area contributed by atoms with Crippen LogP contribution in [0.25, 0.3) is 0 Å². The van der Waals surface area contributed by atoms with Gasteiger partial charge in [-0.25, -0.2) is 0 Å². The number of nitrogens with zero attached hydrogens (tertiary/aromatic N) is 4. The van der Waals surface area contributed by atoms with Crippen molar-refractivity contribution in [3.05, 3.63) is 42.2 Å². The molecule has 1 aromatic heterocycles. The summed E-state index contributed by atoms with van der Waals surface area (Å²) in [6.07, 6.45) is 1.60. The van der Waals surface area contributed by atoms with E-state index in [2.05, 4.69) is 15.3 Å². The van der Waals surface area contributed by atoms with E-state index in [-0.39, 0.29) is 5.44 Å². The van der Waals surface area contributed by atoms with E-state index in [0.717, 1.165) is 16.4 Å². The van der Waals surface area contributed by atoms with Crippen LogP contribution in [0.3, 0.4) is 0 Å². The number of fused-ring (bicyclic) bond motifs is 1. The Hall–Kier alpha value is -1.66. The largest absolute Gasteiger partial charge is 0.361 e. The fourth-order valence-electron chi connectivity index (χ4n) is 1.75. The smallest absolute Gasteiger partial charge is 0.214 e. The van der Waals surface area contributed by atoms with Crippen LogP contribution in [0.5, 0.6) is 0 Å². The van der Waals surface area contributed by atoms with Gasteiger partial charge in [-0.1, -0.05) is 30.3 Å². The van der Waals surface area contributed by atoms with Gasteiger partial charge < -0.3 is 4.74 Å². The van der Waals surface area contributed by atoms with E-state index < -0.39 is 0 Å². The molecule has 92 valence electrons. The molecule has 1 aromatic carbocycles. The Balaban J connectivity index is 2.03. The van der Waals surface area contributed by atoms with Crippen molar-refractivity contribution in [2.75, 3.05) is 6.61 Å². The van der Waals surface area contributed by atoms with Gasteiger partial charge in [0.05, 0.1) is 0 Å². The molecule has 5 nitrogen and oxygen atoms in total. The number of rotatable bonds is 3. The maximum absolute atomic E-state index is 5.73. The molecule has 1 aliphatic rings. The number of hydrogen-bond donors (Lipinski definition) is 0. The van der Waals surface area contributed by atoms with E-state index in [1.165, 1.54) is 11.8 Å². The van der Waals surface area contributed by atoms with Gasteiger partial charge in [-0.05, 0) is 18.7 Å². The molecule has 2 heterocycles. The van der Waals surface area contributed by atoms with E-state index in [0.29, 0.717) is 6.61 Å². The highest BCUT2D eigenvalue weighted by Gasteiger charge is 2.26. The molecule has 0 spiro atoms. The zero-order chi connectivity index (χ0) is 12.4. The summed E-state index contributed by atoms with van der Waals surface area (Å²) in [5, 5.41) is 13.2. The van der Waals surface area contributed by atoms with Crippen LogP contribution in [0.2, 0.25) is 0 Å². The number of benzene rings is 1. The van der Waals surface area contributed by atoms with E-state index in [1.54, 1.807) is 11.0 Å². The molecule has 0 radical (unpaired) electrons. The minimum absolute atomic E-state index is 0.130. The molecule has 0 bridgehead atoms. The molecule has 1 atom stereocenters. The zero-order valence-electron chi connectivity index (χ0n) is 9.85. The maximum atomic E-state index is 5.73. The Kier molecular flexibility index (Phi) is 3.12. The van der Waals surface area contributed by atoms with Gasteiger partial charge in [0, 0.05) is 12.2 Å². The summed E-state index contributed by atoms with van der Waals surface area (Å²) in [7, 11) is 0. The van der Waals surface area contributed by atoms with E-state index >= 15 is 0 Å². The van der Waals surface area contributed by atoms with Crippen LogP contribution in [0, 0.1) is 0 Å². The molecule has 0 amide bonds. The van der Waals surface area contributed by atoms with Gasteiger partial charge in [-0.15, -0.1) is 10.2 Å². The van der Waals surface area contributed by atoms with Gasteiger partial charge in [-0.2, -0.15) is 9.78 Å². The Morgan fingerprint density at radius 3 is 2.94 bits per heavy atom. The van der Waals surface area contributed by atoms with Gasteiger partial charge in [0.15, 0.2) is 5.44 Å². The first-order valence-electron chi connectivity index (χ1n) is 5.71. The summed E-state index contributed by atoms with van der Waals surface area (Å²) in [4.78, 5) is 0. The Bertz CT molecular complexity index is 566. The van der Waals surface area contributed by atoms with Crippen molar-refractivity contribution in [1.29, 1.82) is 0 Å². The number of aromatic nitrogens is 3. The molecule has 0 saturated carbocycles. The lowest BCUT2D eigenvalue weighted by Gasteiger charge is -2.22. The van der Waals surface area contributed by atoms with Gasteiger partial charge in [0.25, 0.3) is 0 Å². The number of ether oxygens (including phenoxy) is 1. The summed E-state index contributed by atoms with van der Waals surface area (Å²) >= 11 is 1.53. The lowest BCUT2D eigenvalue weighted by molar-refractivity contribution is 0.164. The molecule has 1 unspecified atom stereocenters. The van der Waals surface area contributed by atoms with Crippen molar-refractivity contribution in [3.8, 4) is 0 Å². The molecule has 0 saturated heterocycles. The standard InChI is InChI=1S/C12H12N4OS/c1-2-17-11-10(9-6-4-3-5-7-9)15-16-8-13-14-12(16)18-11/h3-8,11H,2H2,1H3. The quantitative estimate of drug-likeness (QED) is 0.847. The highest BCUT2D eigenvalue weighted by molar-refractivity contribution is 8.00. The van der Waals surface area contributed by atoms with Crippen LogP contribution in [0.1, 0.15) is 12.5 Å². The SMILES string of the molecule is CCOC1Sc2nncn2N=C1c1ccccc1. The fraction of sp³-hybridized carbons (Fsp3) is 0.250. The van der Waals surface area contributed by atoms with Crippen molar-refractivity contribution >= 4 is 17.5 Å². The van der Waals surface area contributed by atoms with Crippen LogP contribution >= 0.6 is 11.8 Å². The van der Waals surface area contributed by atoms with Crippen molar-refractivity contribution in [2.24, 2.45) is 5.10 Å².